The lowest BCUT2D eigenvalue weighted by molar-refractivity contribution is -0.129. The van der Waals surface area contributed by atoms with Crippen LogP contribution in [0.5, 0.6) is 0 Å². The van der Waals surface area contributed by atoms with Crippen LogP contribution in [0.2, 0.25) is 0 Å². The van der Waals surface area contributed by atoms with Crippen molar-refractivity contribution in [2.75, 3.05) is 39.0 Å². The summed E-state index contributed by atoms with van der Waals surface area (Å²) in [4.78, 5) is 35.0. The molecule has 3 aromatic rings. The first-order valence-electron chi connectivity index (χ1n) is 10.1. The Morgan fingerprint density at radius 3 is 2.53 bits per heavy atom. The number of carbonyl (C=O) groups is 1. The molecule has 0 unspecified atom stereocenters. The van der Waals surface area contributed by atoms with Gasteiger partial charge in [0.05, 0.1) is 22.3 Å². The third kappa shape index (κ3) is 4.13. The standard InChI is InChI=1S/C23H26N4O2S/c1-16-8-9-20(17(2)14-16)27-22(29)18-6-4-5-7-19(18)24-23(27)30-15-21(28)26-12-10-25(3)11-13-26/h4-9,14H,10-13,15H2,1-3H3. The molecule has 7 heteroatoms. The molecule has 30 heavy (non-hydrogen) atoms. The van der Waals surface area contributed by atoms with E-state index in [1.54, 1.807) is 10.6 Å². The molecule has 1 aliphatic rings. The van der Waals surface area contributed by atoms with Crippen LogP contribution < -0.4 is 5.56 Å². The fourth-order valence-corrected chi connectivity index (χ4v) is 4.66. The second-order valence-electron chi connectivity index (χ2n) is 7.81. The maximum absolute atomic E-state index is 13.4. The zero-order valence-corrected chi connectivity index (χ0v) is 18.4. The second kappa shape index (κ2) is 8.62. The van der Waals surface area contributed by atoms with Crippen molar-refractivity contribution in [1.82, 2.24) is 19.4 Å². The van der Waals surface area contributed by atoms with Crippen LogP contribution in [-0.4, -0.2) is 64.2 Å². The Morgan fingerprint density at radius 2 is 1.80 bits per heavy atom. The summed E-state index contributed by atoms with van der Waals surface area (Å²) >= 11 is 1.33. The molecule has 1 saturated heterocycles. The monoisotopic (exact) mass is 422 g/mol. The molecule has 0 atom stereocenters. The molecule has 0 radical (unpaired) electrons. The number of likely N-dealkylation sites (N-methyl/N-ethyl adjacent to an activating group) is 1. The van der Waals surface area contributed by atoms with Crippen LogP contribution in [0, 0.1) is 13.8 Å². The highest BCUT2D eigenvalue weighted by Crippen LogP contribution is 2.24. The Morgan fingerprint density at radius 1 is 1.07 bits per heavy atom. The van der Waals surface area contributed by atoms with Gasteiger partial charge in [0.25, 0.3) is 5.56 Å². The number of nitrogens with zero attached hydrogens (tertiary/aromatic N) is 4. The number of aryl methyl sites for hydroxylation is 2. The Kier molecular flexibility index (Phi) is 5.92. The molecule has 2 heterocycles. The van der Waals surface area contributed by atoms with E-state index in [1.165, 1.54) is 11.8 Å². The molecule has 6 nitrogen and oxygen atoms in total. The minimum Gasteiger partial charge on any atom is -0.339 e. The summed E-state index contributed by atoms with van der Waals surface area (Å²) in [5, 5.41) is 1.13. The van der Waals surface area contributed by atoms with Gasteiger partial charge in [-0.1, -0.05) is 41.6 Å². The van der Waals surface area contributed by atoms with E-state index in [2.05, 4.69) is 18.0 Å². The molecule has 1 aliphatic heterocycles. The number of benzene rings is 2. The highest BCUT2D eigenvalue weighted by molar-refractivity contribution is 7.99. The van der Waals surface area contributed by atoms with E-state index >= 15 is 0 Å². The largest absolute Gasteiger partial charge is 0.339 e. The van der Waals surface area contributed by atoms with Gasteiger partial charge in [-0.15, -0.1) is 0 Å². The Hall–Kier alpha value is -2.64. The predicted molar refractivity (Wildman–Crippen MR) is 122 cm³/mol. The van der Waals surface area contributed by atoms with Gasteiger partial charge in [0.15, 0.2) is 5.16 Å². The quantitative estimate of drug-likeness (QED) is 0.478. The van der Waals surface area contributed by atoms with E-state index < -0.39 is 0 Å². The first kappa shape index (κ1) is 20.6. The predicted octanol–water partition coefficient (Wildman–Crippen LogP) is 2.87. The number of fused-ring (bicyclic) bond motifs is 1. The molecule has 1 aromatic heterocycles. The summed E-state index contributed by atoms with van der Waals surface area (Å²) in [7, 11) is 2.07. The van der Waals surface area contributed by atoms with Crippen LogP contribution in [0.4, 0.5) is 0 Å². The summed E-state index contributed by atoms with van der Waals surface area (Å²) in [5.41, 5.74) is 3.48. The molecule has 156 valence electrons. The van der Waals surface area contributed by atoms with Crippen molar-refractivity contribution in [3.8, 4) is 5.69 Å². The third-order valence-electron chi connectivity index (χ3n) is 5.52. The lowest BCUT2D eigenvalue weighted by Crippen LogP contribution is -2.47. The van der Waals surface area contributed by atoms with Gasteiger partial charge in [0.2, 0.25) is 5.91 Å². The van der Waals surface area contributed by atoms with Crippen LogP contribution in [0.1, 0.15) is 11.1 Å². The maximum atomic E-state index is 13.4. The summed E-state index contributed by atoms with van der Waals surface area (Å²) in [6.07, 6.45) is 0. The minimum atomic E-state index is -0.109. The van der Waals surface area contributed by atoms with E-state index in [-0.39, 0.29) is 17.2 Å². The first-order chi connectivity index (χ1) is 14.4. The van der Waals surface area contributed by atoms with E-state index in [4.69, 9.17) is 4.98 Å². The first-order valence-corrected chi connectivity index (χ1v) is 11.1. The SMILES string of the molecule is Cc1ccc(-n2c(SCC(=O)N3CCN(C)CC3)nc3ccccc3c2=O)c(C)c1. The summed E-state index contributed by atoms with van der Waals surface area (Å²) in [5.74, 6) is 0.349. The molecule has 0 saturated carbocycles. The lowest BCUT2D eigenvalue weighted by Gasteiger charge is -2.32. The number of hydrogen-bond acceptors (Lipinski definition) is 5. The maximum Gasteiger partial charge on any atom is 0.266 e. The highest BCUT2D eigenvalue weighted by atomic mass is 32.2. The molecule has 0 aliphatic carbocycles. The normalized spacial score (nSPS) is 15.0. The summed E-state index contributed by atoms with van der Waals surface area (Å²) in [6.45, 7) is 7.28. The van der Waals surface area contributed by atoms with Crippen LogP contribution in [0.3, 0.4) is 0 Å². The third-order valence-corrected chi connectivity index (χ3v) is 6.44. The fourth-order valence-electron chi connectivity index (χ4n) is 3.75. The van der Waals surface area contributed by atoms with Gasteiger partial charge in [-0.05, 0) is 44.7 Å². The smallest absolute Gasteiger partial charge is 0.266 e. The molecular formula is C23H26N4O2S. The number of hydrogen-bond donors (Lipinski definition) is 0. The number of rotatable bonds is 4. The molecule has 0 bridgehead atoms. The van der Waals surface area contributed by atoms with E-state index in [9.17, 15) is 9.59 Å². The van der Waals surface area contributed by atoms with Gasteiger partial charge >= 0.3 is 0 Å². The number of thioether (sulfide) groups is 1. The van der Waals surface area contributed by atoms with Crippen molar-refractivity contribution in [2.45, 2.75) is 19.0 Å². The van der Waals surface area contributed by atoms with Crippen LogP contribution in [0.25, 0.3) is 16.6 Å². The number of amides is 1. The Labute approximate surface area is 180 Å². The number of aromatic nitrogens is 2. The van der Waals surface area contributed by atoms with Gasteiger partial charge < -0.3 is 9.80 Å². The number of piperazine rings is 1. The van der Waals surface area contributed by atoms with Crippen molar-refractivity contribution in [3.63, 3.8) is 0 Å². The molecule has 2 aromatic carbocycles. The zero-order valence-electron chi connectivity index (χ0n) is 17.6. The Bertz CT molecular complexity index is 1150. The van der Waals surface area contributed by atoms with Gasteiger partial charge in [0.1, 0.15) is 0 Å². The average Bonchev–Trinajstić information content (AvgIpc) is 2.73. The van der Waals surface area contributed by atoms with Crippen molar-refractivity contribution in [3.05, 3.63) is 63.9 Å². The minimum absolute atomic E-state index is 0.0858. The molecule has 0 spiro atoms. The molecule has 0 N–H and O–H groups in total. The van der Waals surface area contributed by atoms with E-state index in [0.717, 1.165) is 43.0 Å². The molecule has 1 fully saturated rings. The van der Waals surface area contributed by atoms with Gasteiger partial charge in [-0.25, -0.2) is 4.98 Å². The average molecular weight is 423 g/mol. The van der Waals surface area contributed by atoms with E-state index in [0.29, 0.717) is 16.1 Å². The van der Waals surface area contributed by atoms with Gasteiger partial charge in [-0.2, -0.15) is 0 Å². The fraction of sp³-hybridized carbons (Fsp3) is 0.348. The lowest BCUT2D eigenvalue weighted by atomic mass is 10.1. The Balaban J connectivity index is 1.71. The molecule has 1 amide bonds. The summed E-state index contributed by atoms with van der Waals surface area (Å²) < 4.78 is 1.65. The van der Waals surface area contributed by atoms with Gasteiger partial charge in [-0.3, -0.25) is 14.2 Å². The van der Waals surface area contributed by atoms with Crippen LogP contribution in [0.15, 0.2) is 52.4 Å². The van der Waals surface area contributed by atoms with Crippen molar-refractivity contribution in [1.29, 1.82) is 0 Å². The molecular weight excluding hydrogens is 396 g/mol. The van der Waals surface area contributed by atoms with Crippen molar-refractivity contribution in [2.24, 2.45) is 0 Å². The number of para-hydroxylation sites is 1. The van der Waals surface area contributed by atoms with Gasteiger partial charge in [0, 0.05) is 26.2 Å². The zero-order chi connectivity index (χ0) is 21.3. The second-order valence-corrected chi connectivity index (χ2v) is 8.76. The van der Waals surface area contributed by atoms with Crippen molar-refractivity contribution >= 4 is 28.6 Å². The van der Waals surface area contributed by atoms with E-state index in [1.807, 2.05) is 49.1 Å². The van der Waals surface area contributed by atoms with Crippen molar-refractivity contribution < 1.29 is 4.79 Å². The topological polar surface area (TPSA) is 58.4 Å². The number of carbonyl (C=O) groups excluding carboxylic acids is 1. The molecule has 4 rings (SSSR count). The highest BCUT2D eigenvalue weighted by Gasteiger charge is 2.21. The summed E-state index contributed by atoms with van der Waals surface area (Å²) in [6, 6.07) is 13.4. The van der Waals surface area contributed by atoms with Crippen LogP contribution in [-0.2, 0) is 4.79 Å². The van der Waals surface area contributed by atoms with Crippen LogP contribution >= 0.6 is 11.8 Å².